The predicted octanol–water partition coefficient (Wildman–Crippen LogP) is 4.78. The van der Waals surface area contributed by atoms with Crippen LogP contribution in [0.5, 0.6) is 11.5 Å². The van der Waals surface area contributed by atoms with Crippen molar-refractivity contribution in [1.29, 1.82) is 0 Å². The van der Waals surface area contributed by atoms with Crippen LogP contribution in [0.25, 0.3) is 0 Å². The van der Waals surface area contributed by atoms with Gasteiger partial charge in [-0.1, -0.05) is 12.1 Å². The van der Waals surface area contributed by atoms with Crippen molar-refractivity contribution in [2.75, 3.05) is 32.5 Å². The molecular weight excluding hydrogens is 360 g/mol. The number of fused-ring (bicyclic) bond motifs is 1. The molecule has 4 heteroatoms. The first-order chi connectivity index (χ1) is 13.8. The van der Waals surface area contributed by atoms with Crippen molar-refractivity contribution in [1.82, 2.24) is 4.90 Å². The molecule has 0 aromatic heterocycles. The van der Waals surface area contributed by atoms with Gasteiger partial charge in [0.1, 0.15) is 17.1 Å². The van der Waals surface area contributed by atoms with Crippen LogP contribution < -0.4 is 15.2 Å². The number of likely N-dealkylation sites (tertiary alicyclic amines) is 1. The number of nitrogens with zero attached hydrogens (tertiary/aromatic N) is 1. The zero-order chi connectivity index (χ0) is 20.8. The van der Waals surface area contributed by atoms with E-state index in [1.807, 2.05) is 0 Å². The second kappa shape index (κ2) is 7.56. The Morgan fingerprint density at radius 3 is 2.34 bits per heavy atom. The van der Waals surface area contributed by atoms with E-state index < -0.39 is 0 Å². The maximum Gasteiger partial charge on any atom is 0.127 e. The van der Waals surface area contributed by atoms with Crippen molar-refractivity contribution in [3.63, 3.8) is 0 Å². The fourth-order valence-corrected chi connectivity index (χ4v) is 5.08. The molecular formula is C25H34N2O2. The van der Waals surface area contributed by atoms with E-state index in [9.17, 15) is 0 Å². The molecule has 2 aromatic rings. The van der Waals surface area contributed by atoms with Gasteiger partial charge in [-0.2, -0.15) is 0 Å². The average Bonchev–Trinajstić information content (AvgIpc) is 3.09. The second-order valence-electron chi connectivity index (χ2n) is 9.15. The summed E-state index contributed by atoms with van der Waals surface area (Å²) in [5.74, 6) is 2.64. The smallest absolute Gasteiger partial charge is 0.127 e. The molecule has 156 valence electrons. The Morgan fingerprint density at radius 2 is 1.72 bits per heavy atom. The van der Waals surface area contributed by atoms with Gasteiger partial charge in [-0.05, 0) is 93.9 Å². The van der Waals surface area contributed by atoms with Crippen LogP contribution in [-0.2, 0) is 6.42 Å². The molecule has 0 aliphatic carbocycles. The third-order valence-corrected chi connectivity index (χ3v) is 7.07. The molecule has 1 fully saturated rings. The van der Waals surface area contributed by atoms with Crippen molar-refractivity contribution in [2.45, 2.75) is 58.5 Å². The molecule has 1 unspecified atom stereocenters. The Morgan fingerprint density at radius 1 is 1.07 bits per heavy atom. The van der Waals surface area contributed by atoms with Crippen molar-refractivity contribution in [2.24, 2.45) is 0 Å². The van der Waals surface area contributed by atoms with E-state index in [2.05, 4.69) is 56.9 Å². The first kappa shape index (κ1) is 20.1. The molecule has 4 nitrogen and oxygen atoms in total. The van der Waals surface area contributed by atoms with Crippen LogP contribution in [0.4, 0.5) is 5.69 Å². The van der Waals surface area contributed by atoms with Gasteiger partial charge in [-0.3, -0.25) is 4.90 Å². The number of methoxy groups -OCH3 is 1. The van der Waals surface area contributed by atoms with E-state index in [4.69, 9.17) is 15.2 Å². The Kier molecular flexibility index (Phi) is 5.24. The highest BCUT2D eigenvalue weighted by Gasteiger charge is 2.39. The molecule has 29 heavy (non-hydrogen) atoms. The van der Waals surface area contributed by atoms with E-state index >= 15 is 0 Å². The molecule has 2 aliphatic heterocycles. The van der Waals surface area contributed by atoms with Gasteiger partial charge in [0.15, 0.2) is 0 Å². The topological polar surface area (TPSA) is 47.7 Å². The number of nitrogens with two attached hydrogens (primary N) is 1. The number of piperidine rings is 1. The molecule has 0 saturated carbocycles. The summed E-state index contributed by atoms with van der Waals surface area (Å²) in [6.07, 6.45) is 3.33. The minimum Gasteiger partial charge on any atom is -0.497 e. The highest BCUT2D eigenvalue weighted by atomic mass is 16.5. The van der Waals surface area contributed by atoms with Crippen LogP contribution >= 0.6 is 0 Å². The van der Waals surface area contributed by atoms with Crippen LogP contribution in [0.15, 0.2) is 24.3 Å². The molecule has 1 saturated heterocycles. The summed E-state index contributed by atoms with van der Waals surface area (Å²) >= 11 is 0. The highest BCUT2D eigenvalue weighted by Crippen LogP contribution is 2.44. The van der Waals surface area contributed by atoms with Crippen LogP contribution in [0, 0.1) is 20.8 Å². The molecule has 0 spiro atoms. The summed E-state index contributed by atoms with van der Waals surface area (Å²) in [6.45, 7) is 11.8. The Balaban J connectivity index is 1.40. The summed E-state index contributed by atoms with van der Waals surface area (Å²) in [5.41, 5.74) is 13.4. The Hall–Kier alpha value is -2.20. The largest absolute Gasteiger partial charge is 0.497 e. The number of rotatable bonds is 4. The summed E-state index contributed by atoms with van der Waals surface area (Å²) < 4.78 is 11.9. The molecule has 2 N–H and O–H groups in total. The molecule has 2 aromatic carbocycles. The van der Waals surface area contributed by atoms with Crippen molar-refractivity contribution < 1.29 is 9.47 Å². The van der Waals surface area contributed by atoms with Gasteiger partial charge in [0.05, 0.1) is 7.11 Å². The predicted molar refractivity (Wildman–Crippen MR) is 119 cm³/mol. The lowest BCUT2D eigenvalue weighted by molar-refractivity contribution is 0.0523. The quantitative estimate of drug-likeness (QED) is 0.759. The molecule has 2 heterocycles. The van der Waals surface area contributed by atoms with Gasteiger partial charge in [-0.15, -0.1) is 0 Å². The van der Waals surface area contributed by atoms with Crippen molar-refractivity contribution in [3.05, 3.63) is 52.1 Å². The SMILES string of the molecule is COc1ccc(C2CCN(CC3(C)Cc4c(C)c(N)c(C)c(C)c4O3)CC2)cc1. The first-order valence-electron chi connectivity index (χ1n) is 10.7. The maximum absolute atomic E-state index is 6.57. The van der Waals surface area contributed by atoms with Gasteiger partial charge >= 0.3 is 0 Å². The standard InChI is InChI=1S/C25H34N2O2/c1-16-17(2)24-22(18(3)23(16)26)14-25(4,29-24)15-27-12-10-20(11-13-27)19-6-8-21(28-5)9-7-19/h6-9,20H,10-15,26H2,1-5H3. The van der Waals surface area contributed by atoms with Crippen LogP contribution in [0.2, 0.25) is 0 Å². The number of hydrogen-bond acceptors (Lipinski definition) is 4. The van der Waals surface area contributed by atoms with Gasteiger partial charge in [0, 0.05) is 24.2 Å². The fraction of sp³-hybridized carbons (Fsp3) is 0.520. The summed E-state index contributed by atoms with van der Waals surface area (Å²) in [5, 5.41) is 0. The molecule has 2 aliphatic rings. The molecule has 0 bridgehead atoms. The average molecular weight is 395 g/mol. The Bertz CT molecular complexity index is 859. The number of ether oxygens (including phenoxy) is 2. The number of hydrogen-bond donors (Lipinski definition) is 1. The fourth-order valence-electron chi connectivity index (χ4n) is 5.08. The third kappa shape index (κ3) is 3.71. The van der Waals surface area contributed by atoms with E-state index in [-0.39, 0.29) is 5.60 Å². The summed E-state index contributed by atoms with van der Waals surface area (Å²) in [6, 6.07) is 8.58. The lowest BCUT2D eigenvalue weighted by Gasteiger charge is -2.37. The van der Waals surface area contributed by atoms with Gasteiger partial charge in [0.25, 0.3) is 0 Å². The van der Waals surface area contributed by atoms with Gasteiger partial charge in [0.2, 0.25) is 0 Å². The van der Waals surface area contributed by atoms with Crippen LogP contribution in [0.3, 0.4) is 0 Å². The minimum atomic E-state index is -0.176. The van der Waals surface area contributed by atoms with Gasteiger partial charge < -0.3 is 15.2 Å². The lowest BCUT2D eigenvalue weighted by Crippen LogP contribution is -2.47. The number of nitrogen functional groups attached to an aromatic ring is 1. The van der Waals surface area contributed by atoms with E-state index in [0.29, 0.717) is 5.92 Å². The second-order valence-corrected chi connectivity index (χ2v) is 9.15. The van der Waals surface area contributed by atoms with Gasteiger partial charge in [-0.25, -0.2) is 0 Å². The van der Waals surface area contributed by atoms with E-state index in [1.165, 1.54) is 35.1 Å². The molecule has 1 atom stereocenters. The highest BCUT2D eigenvalue weighted by molar-refractivity contribution is 5.66. The molecule has 0 radical (unpaired) electrons. The zero-order valence-electron chi connectivity index (χ0n) is 18.5. The lowest BCUT2D eigenvalue weighted by atomic mass is 9.88. The summed E-state index contributed by atoms with van der Waals surface area (Å²) in [4.78, 5) is 2.58. The maximum atomic E-state index is 6.57. The summed E-state index contributed by atoms with van der Waals surface area (Å²) in [7, 11) is 1.72. The monoisotopic (exact) mass is 394 g/mol. The van der Waals surface area contributed by atoms with Crippen molar-refractivity contribution in [3.8, 4) is 11.5 Å². The van der Waals surface area contributed by atoms with Crippen molar-refractivity contribution >= 4 is 5.69 Å². The number of anilines is 1. The van der Waals surface area contributed by atoms with E-state index in [1.54, 1.807) is 7.11 Å². The minimum absolute atomic E-state index is 0.176. The number of benzene rings is 2. The molecule has 0 amide bonds. The Labute approximate surface area is 175 Å². The van der Waals surface area contributed by atoms with Crippen LogP contribution in [-0.4, -0.2) is 37.2 Å². The zero-order valence-corrected chi connectivity index (χ0v) is 18.5. The third-order valence-electron chi connectivity index (χ3n) is 7.07. The molecule has 4 rings (SSSR count). The normalized spacial score (nSPS) is 22.4. The van der Waals surface area contributed by atoms with E-state index in [0.717, 1.165) is 48.8 Å². The first-order valence-corrected chi connectivity index (χ1v) is 10.7. The van der Waals surface area contributed by atoms with Crippen LogP contribution in [0.1, 0.15) is 53.5 Å².